The van der Waals surface area contributed by atoms with Crippen LogP contribution in [0.3, 0.4) is 0 Å². The smallest absolute Gasteiger partial charge is 0.305 e. The number of fused-ring (bicyclic) bond motifs is 5. The van der Waals surface area contributed by atoms with E-state index in [0.29, 0.717) is 16.3 Å². The summed E-state index contributed by atoms with van der Waals surface area (Å²) in [5.74, 6) is -8.98. The van der Waals surface area contributed by atoms with E-state index in [-0.39, 0.29) is 30.8 Å². The number of likely N-dealkylation sites (tertiary alicyclic amines) is 1. The van der Waals surface area contributed by atoms with Crippen LogP contribution in [-0.4, -0.2) is 61.0 Å². The summed E-state index contributed by atoms with van der Waals surface area (Å²) in [6.45, 7) is 3.32. The average Bonchev–Trinajstić information content (AvgIpc) is 3.75. The Balaban J connectivity index is 1.24. The Hall–Kier alpha value is -4.88. The van der Waals surface area contributed by atoms with Gasteiger partial charge in [-0.2, -0.15) is 5.10 Å². The molecule has 4 aliphatic rings. The second-order valence-electron chi connectivity index (χ2n) is 14.0. The van der Waals surface area contributed by atoms with Crippen LogP contribution in [0.5, 0.6) is 5.75 Å². The van der Waals surface area contributed by atoms with Crippen molar-refractivity contribution >= 4 is 68.4 Å². The molecule has 4 heterocycles. The third kappa shape index (κ3) is 4.66. The van der Waals surface area contributed by atoms with Gasteiger partial charge in [0.15, 0.2) is 11.6 Å². The van der Waals surface area contributed by atoms with Crippen molar-refractivity contribution in [3.63, 3.8) is 0 Å². The fourth-order valence-electron chi connectivity index (χ4n) is 9.05. The van der Waals surface area contributed by atoms with Crippen LogP contribution >= 0.6 is 22.9 Å². The van der Waals surface area contributed by atoms with Crippen LogP contribution in [0.1, 0.15) is 43.2 Å². The molecular weight excluding hydrogens is 699 g/mol. The van der Waals surface area contributed by atoms with E-state index in [1.807, 2.05) is 25.1 Å². The average molecular weight is 731 g/mol. The number of carbonyl (C=O) groups is 5. The molecule has 2 aliphatic heterocycles. The zero-order valence-electron chi connectivity index (χ0n) is 27.7. The van der Waals surface area contributed by atoms with Crippen molar-refractivity contribution in [2.45, 2.75) is 39.0 Å². The number of benzene rings is 2. The highest BCUT2D eigenvalue weighted by molar-refractivity contribution is 7.22. The lowest BCUT2D eigenvalue weighted by Gasteiger charge is -2.49. The molecule has 262 valence electrons. The van der Waals surface area contributed by atoms with Gasteiger partial charge in [-0.25, -0.2) is 9.29 Å². The molecule has 51 heavy (non-hydrogen) atoms. The van der Waals surface area contributed by atoms with Gasteiger partial charge in [0.2, 0.25) is 23.6 Å². The number of carboxylic acids is 1. The molecule has 4 amide bonds. The van der Waals surface area contributed by atoms with Crippen molar-refractivity contribution in [1.82, 2.24) is 14.7 Å². The third-order valence-electron chi connectivity index (χ3n) is 11.5. The minimum Gasteiger partial charge on any atom is -0.505 e. The molecule has 2 aromatic carbocycles. The minimum atomic E-state index is -1.51. The van der Waals surface area contributed by atoms with E-state index in [1.165, 1.54) is 28.2 Å². The van der Waals surface area contributed by atoms with Crippen molar-refractivity contribution in [3.05, 3.63) is 76.1 Å². The minimum absolute atomic E-state index is 0.0455. The fourth-order valence-corrected chi connectivity index (χ4v) is 10.4. The maximum atomic E-state index is 15.0. The largest absolute Gasteiger partial charge is 0.505 e. The molecule has 2 aliphatic carbocycles. The number of amides is 4. The molecule has 2 saturated heterocycles. The summed E-state index contributed by atoms with van der Waals surface area (Å²) >= 11 is 7.78. The number of halogens is 2. The Kier molecular flexibility index (Phi) is 7.55. The normalized spacial score (nSPS) is 27.2. The van der Waals surface area contributed by atoms with Crippen molar-refractivity contribution in [2.24, 2.45) is 36.1 Å². The number of phenolic OH excluding ortho intramolecular Hbond substituents is 1. The number of para-hydroxylation sites is 1. The summed E-state index contributed by atoms with van der Waals surface area (Å²) in [5.41, 5.74) is 0.663. The van der Waals surface area contributed by atoms with Gasteiger partial charge >= 0.3 is 5.97 Å². The highest BCUT2D eigenvalue weighted by atomic mass is 35.5. The number of thiophene rings is 1. The van der Waals surface area contributed by atoms with Gasteiger partial charge in [-0.1, -0.05) is 35.4 Å². The number of anilines is 1. The summed E-state index contributed by atoms with van der Waals surface area (Å²) < 4.78 is 17.5. The predicted octanol–water partition coefficient (Wildman–Crippen LogP) is 5.81. The van der Waals surface area contributed by atoms with E-state index in [2.05, 4.69) is 0 Å². The number of hydrogen-bond donors (Lipinski definition) is 2. The number of carbonyl (C=O) groups excluding carboxylic acids is 4. The van der Waals surface area contributed by atoms with Gasteiger partial charge in [-0.3, -0.25) is 33.6 Å². The molecule has 2 N–H and O–H groups in total. The lowest BCUT2D eigenvalue weighted by atomic mass is 9.51. The topological polar surface area (TPSA) is 150 Å². The zero-order valence-corrected chi connectivity index (χ0v) is 29.3. The van der Waals surface area contributed by atoms with Crippen molar-refractivity contribution in [1.29, 1.82) is 0 Å². The van der Waals surface area contributed by atoms with Crippen LogP contribution in [0.4, 0.5) is 10.2 Å². The summed E-state index contributed by atoms with van der Waals surface area (Å²) in [5, 5.41) is 26.6. The Morgan fingerprint density at radius 2 is 1.86 bits per heavy atom. The van der Waals surface area contributed by atoms with Gasteiger partial charge in [0.05, 0.1) is 34.5 Å². The number of imide groups is 2. The first-order chi connectivity index (χ1) is 24.2. The van der Waals surface area contributed by atoms with E-state index in [1.54, 1.807) is 26.1 Å². The first-order valence-corrected chi connectivity index (χ1v) is 17.8. The molecule has 0 radical (unpaired) electrons. The van der Waals surface area contributed by atoms with Gasteiger partial charge in [0.1, 0.15) is 11.5 Å². The van der Waals surface area contributed by atoms with E-state index in [0.717, 1.165) is 36.4 Å². The predicted molar refractivity (Wildman–Crippen MR) is 185 cm³/mol. The van der Waals surface area contributed by atoms with Gasteiger partial charge in [-0.05, 0) is 67.8 Å². The van der Waals surface area contributed by atoms with Gasteiger partial charge in [0, 0.05) is 40.9 Å². The number of allylic oxidation sites excluding steroid dienone is 2. The molecule has 14 heteroatoms. The Morgan fingerprint density at radius 3 is 2.61 bits per heavy atom. The van der Waals surface area contributed by atoms with E-state index < -0.39 is 82.6 Å². The van der Waals surface area contributed by atoms with E-state index in [9.17, 15) is 34.2 Å². The monoisotopic (exact) mass is 730 g/mol. The lowest BCUT2D eigenvalue weighted by molar-refractivity contribution is -0.142. The van der Waals surface area contributed by atoms with Crippen LogP contribution in [0.15, 0.2) is 54.1 Å². The summed E-state index contributed by atoms with van der Waals surface area (Å²) in [7, 11) is 1.64. The van der Waals surface area contributed by atoms with Crippen LogP contribution < -0.4 is 4.90 Å². The van der Waals surface area contributed by atoms with Gasteiger partial charge in [0.25, 0.3) is 0 Å². The molecule has 4 aromatic rings. The number of carboxylic acid groups (broad SMARTS) is 1. The van der Waals surface area contributed by atoms with Crippen LogP contribution in [-0.2, 0) is 31.0 Å². The van der Waals surface area contributed by atoms with Gasteiger partial charge < -0.3 is 10.2 Å². The number of nitrogens with zero attached hydrogens (tertiary/aromatic N) is 4. The highest BCUT2D eigenvalue weighted by Crippen LogP contribution is 2.64. The molecule has 6 atom stereocenters. The van der Waals surface area contributed by atoms with Crippen molar-refractivity contribution < 1.29 is 38.6 Å². The first-order valence-electron chi connectivity index (χ1n) is 16.6. The Labute approximate surface area is 299 Å². The van der Waals surface area contributed by atoms with Crippen LogP contribution in [0, 0.1) is 41.8 Å². The van der Waals surface area contributed by atoms with Crippen molar-refractivity contribution in [3.8, 4) is 16.3 Å². The maximum absolute atomic E-state index is 15.0. The fraction of sp³-hybridized carbons (Fsp3) is 0.351. The summed E-state index contributed by atoms with van der Waals surface area (Å²) in [4.78, 5) is 71.1. The number of aliphatic carboxylic acids is 1. The zero-order chi connectivity index (χ0) is 36.3. The first kappa shape index (κ1) is 33.3. The standard InChI is InChI=1S/C37H32ClFN4O7S/c1-16-21-13-17(38)7-10-26(21)51-32(16)25-15-27(41(3)40-25)43-34(48)23-14-22-18(8-9-19-29(22)35(49)42(33(19)47)12-11-28(44)45)30(37(23,2)36(43)50)20-5-4-6-24(39)31(20)46/h4-8,10,13,15,19,22-23,29-30,46H,9,11-12,14H2,1-3H3,(H,44,45). The SMILES string of the molecule is Cc1c(-c2cc(N3C(=O)C4CC5C(=CCC6C(=O)N(CCC(=O)O)C(=O)C65)C(c5cccc(F)c5O)C4(C)C3=O)n(C)n2)sc2ccc(Cl)cc12. The number of aromatic nitrogens is 2. The number of aromatic hydroxyl groups is 1. The maximum Gasteiger partial charge on any atom is 0.305 e. The molecule has 0 bridgehead atoms. The summed E-state index contributed by atoms with van der Waals surface area (Å²) in [6.07, 6.45) is 1.55. The Morgan fingerprint density at radius 1 is 1.10 bits per heavy atom. The molecular formula is C37H32ClFN4O7S. The second-order valence-corrected chi connectivity index (χ2v) is 15.5. The number of phenols is 1. The Bertz CT molecular complexity index is 2280. The second kappa shape index (κ2) is 11.6. The lowest BCUT2D eigenvalue weighted by Crippen LogP contribution is -2.49. The molecule has 11 nitrogen and oxygen atoms in total. The number of hydrogen-bond acceptors (Lipinski definition) is 8. The third-order valence-corrected chi connectivity index (χ3v) is 13.0. The number of rotatable bonds is 6. The van der Waals surface area contributed by atoms with Gasteiger partial charge in [-0.15, -0.1) is 11.3 Å². The number of aryl methyl sites for hydroxylation is 2. The highest BCUT2D eigenvalue weighted by Gasteiger charge is 2.68. The summed E-state index contributed by atoms with van der Waals surface area (Å²) in [6, 6.07) is 11.3. The molecule has 2 aromatic heterocycles. The van der Waals surface area contributed by atoms with E-state index >= 15 is 4.39 Å². The van der Waals surface area contributed by atoms with E-state index in [4.69, 9.17) is 16.7 Å². The quantitative estimate of drug-likeness (QED) is 0.186. The van der Waals surface area contributed by atoms with Crippen molar-refractivity contribution in [2.75, 3.05) is 11.4 Å². The molecule has 6 unspecified atom stereocenters. The molecule has 8 rings (SSSR count). The van der Waals surface area contributed by atoms with Crippen LogP contribution in [0.25, 0.3) is 20.7 Å². The molecule has 3 fully saturated rings. The van der Waals surface area contributed by atoms with Crippen LogP contribution in [0.2, 0.25) is 5.02 Å². The molecule has 1 saturated carbocycles. The molecule has 0 spiro atoms.